The summed E-state index contributed by atoms with van der Waals surface area (Å²) in [4.78, 5) is 23.0. The maximum absolute atomic E-state index is 12.2. The molecule has 1 aliphatic heterocycles. The van der Waals surface area contributed by atoms with Gasteiger partial charge in [-0.05, 0) is 47.5 Å². The molecule has 1 heterocycles. The zero-order chi connectivity index (χ0) is 14.8. The minimum Gasteiger partial charge on any atom is -0.478 e. The molecule has 1 aliphatic rings. The van der Waals surface area contributed by atoms with Crippen LogP contribution in [-0.4, -0.2) is 17.0 Å². The molecule has 21 heavy (non-hydrogen) atoms. The molecule has 5 heteroatoms. The van der Waals surface area contributed by atoms with Crippen molar-refractivity contribution in [3.8, 4) is 0 Å². The first-order valence-electron chi connectivity index (χ1n) is 6.61. The second-order valence-electron chi connectivity index (χ2n) is 4.92. The van der Waals surface area contributed by atoms with Crippen molar-refractivity contribution < 1.29 is 14.7 Å². The lowest BCUT2D eigenvalue weighted by atomic mass is 10.1. The maximum Gasteiger partial charge on any atom is 0.335 e. The second kappa shape index (κ2) is 5.38. The fourth-order valence-electron chi connectivity index (χ4n) is 2.34. The first-order chi connectivity index (χ1) is 10.1. The minimum atomic E-state index is -0.987. The van der Waals surface area contributed by atoms with Crippen molar-refractivity contribution in [2.75, 3.05) is 5.32 Å². The van der Waals surface area contributed by atoms with Crippen LogP contribution in [0.5, 0.6) is 0 Å². The number of carbonyl (C=O) groups excluding carboxylic acids is 1. The molecule has 5 nitrogen and oxygen atoms in total. The lowest BCUT2D eigenvalue weighted by Crippen LogP contribution is -2.12. The zero-order valence-corrected chi connectivity index (χ0v) is 11.2. The van der Waals surface area contributed by atoms with Crippen molar-refractivity contribution in [1.82, 2.24) is 5.32 Å². The Labute approximate surface area is 121 Å². The van der Waals surface area contributed by atoms with Crippen molar-refractivity contribution in [3.63, 3.8) is 0 Å². The molecule has 2 aromatic rings. The van der Waals surface area contributed by atoms with Crippen molar-refractivity contribution in [1.29, 1.82) is 0 Å². The van der Waals surface area contributed by atoms with E-state index >= 15 is 0 Å². The molecule has 0 spiro atoms. The highest BCUT2D eigenvalue weighted by Gasteiger charge is 2.13. The molecular formula is C16H14N2O3. The quantitative estimate of drug-likeness (QED) is 0.806. The molecule has 0 aliphatic carbocycles. The third-order valence-corrected chi connectivity index (χ3v) is 3.49. The van der Waals surface area contributed by atoms with E-state index in [4.69, 9.17) is 5.11 Å². The van der Waals surface area contributed by atoms with Crippen LogP contribution < -0.4 is 10.6 Å². The molecule has 0 bridgehead atoms. The number of carboxylic acid groups (broad SMARTS) is 1. The summed E-state index contributed by atoms with van der Waals surface area (Å²) in [6, 6.07) is 11.7. The lowest BCUT2D eigenvalue weighted by Gasteiger charge is -2.07. The molecule has 0 aromatic heterocycles. The summed E-state index contributed by atoms with van der Waals surface area (Å²) < 4.78 is 0. The van der Waals surface area contributed by atoms with Gasteiger partial charge in [0.05, 0.1) is 5.56 Å². The van der Waals surface area contributed by atoms with E-state index in [1.165, 1.54) is 17.7 Å². The predicted molar refractivity (Wildman–Crippen MR) is 78.3 cm³/mol. The summed E-state index contributed by atoms with van der Waals surface area (Å²) in [5.41, 5.74) is 3.72. The SMILES string of the molecule is O=C(O)c1ccc(NC(=O)c2ccc3c(c2)CNC3)cc1. The third-order valence-electron chi connectivity index (χ3n) is 3.49. The summed E-state index contributed by atoms with van der Waals surface area (Å²) in [6.45, 7) is 1.62. The van der Waals surface area contributed by atoms with Gasteiger partial charge in [0.25, 0.3) is 5.91 Å². The Hall–Kier alpha value is -2.66. The fraction of sp³-hybridized carbons (Fsp3) is 0.125. The van der Waals surface area contributed by atoms with Crippen LogP contribution in [0.2, 0.25) is 0 Å². The molecule has 1 amide bonds. The number of aromatic carboxylic acids is 1. The van der Waals surface area contributed by atoms with Crippen LogP contribution >= 0.6 is 0 Å². The van der Waals surface area contributed by atoms with Crippen molar-refractivity contribution in [2.45, 2.75) is 13.1 Å². The molecule has 3 N–H and O–H groups in total. The fourth-order valence-corrected chi connectivity index (χ4v) is 2.34. The highest BCUT2D eigenvalue weighted by Crippen LogP contribution is 2.18. The summed E-state index contributed by atoms with van der Waals surface area (Å²) in [7, 11) is 0. The number of amides is 1. The average molecular weight is 282 g/mol. The van der Waals surface area contributed by atoms with Crippen LogP contribution in [0.1, 0.15) is 31.8 Å². The van der Waals surface area contributed by atoms with Crippen molar-refractivity contribution in [3.05, 3.63) is 64.7 Å². The van der Waals surface area contributed by atoms with Gasteiger partial charge in [-0.15, -0.1) is 0 Å². The monoisotopic (exact) mass is 282 g/mol. The number of benzene rings is 2. The average Bonchev–Trinajstić information content (AvgIpc) is 2.95. The second-order valence-corrected chi connectivity index (χ2v) is 4.92. The molecule has 0 atom stereocenters. The molecule has 0 saturated heterocycles. The Balaban J connectivity index is 1.75. The number of carboxylic acids is 1. The lowest BCUT2D eigenvalue weighted by molar-refractivity contribution is 0.0696. The van der Waals surface area contributed by atoms with Crippen LogP contribution in [0.15, 0.2) is 42.5 Å². The third kappa shape index (κ3) is 2.78. The first kappa shape index (κ1) is 13.3. The van der Waals surface area contributed by atoms with Crippen LogP contribution in [-0.2, 0) is 13.1 Å². The number of hydrogen-bond donors (Lipinski definition) is 3. The molecule has 3 rings (SSSR count). The molecule has 0 saturated carbocycles. The molecule has 106 valence electrons. The summed E-state index contributed by atoms with van der Waals surface area (Å²) >= 11 is 0. The number of hydrogen-bond acceptors (Lipinski definition) is 3. The summed E-state index contributed by atoms with van der Waals surface area (Å²) in [5, 5.41) is 14.8. The number of rotatable bonds is 3. The van der Waals surface area contributed by atoms with Gasteiger partial charge in [0.15, 0.2) is 0 Å². The smallest absolute Gasteiger partial charge is 0.335 e. The van der Waals surface area contributed by atoms with E-state index in [1.54, 1.807) is 18.2 Å². The number of fused-ring (bicyclic) bond motifs is 1. The van der Waals surface area contributed by atoms with Crippen LogP contribution in [0, 0.1) is 0 Å². The van der Waals surface area contributed by atoms with Gasteiger partial charge in [0.1, 0.15) is 0 Å². The number of nitrogens with one attached hydrogen (secondary N) is 2. The first-order valence-corrected chi connectivity index (χ1v) is 6.61. The number of anilines is 1. The zero-order valence-electron chi connectivity index (χ0n) is 11.2. The van der Waals surface area contributed by atoms with Crippen LogP contribution in [0.25, 0.3) is 0 Å². The van der Waals surface area contributed by atoms with E-state index in [1.807, 2.05) is 12.1 Å². The Bertz CT molecular complexity index is 708. The minimum absolute atomic E-state index is 0.191. The van der Waals surface area contributed by atoms with Crippen LogP contribution in [0.3, 0.4) is 0 Å². The standard InChI is InChI=1S/C16H14N2O3/c19-15(11-1-2-12-8-17-9-13(12)7-11)18-14-5-3-10(4-6-14)16(20)21/h1-7,17H,8-9H2,(H,18,19)(H,20,21). The van der Waals surface area contributed by atoms with E-state index < -0.39 is 5.97 Å². The van der Waals surface area contributed by atoms with E-state index in [0.717, 1.165) is 18.7 Å². The van der Waals surface area contributed by atoms with E-state index in [0.29, 0.717) is 11.3 Å². The maximum atomic E-state index is 12.2. The highest BCUT2D eigenvalue weighted by atomic mass is 16.4. The molecular weight excluding hydrogens is 268 g/mol. The molecule has 0 radical (unpaired) electrons. The molecule has 0 fully saturated rings. The van der Waals surface area contributed by atoms with Gasteiger partial charge in [-0.25, -0.2) is 4.79 Å². The normalized spacial score (nSPS) is 12.8. The van der Waals surface area contributed by atoms with E-state index in [2.05, 4.69) is 10.6 Å². The number of carbonyl (C=O) groups is 2. The van der Waals surface area contributed by atoms with E-state index in [-0.39, 0.29) is 11.5 Å². The van der Waals surface area contributed by atoms with Gasteiger partial charge in [-0.1, -0.05) is 6.07 Å². The molecule has 0 unspecified atom stereocenters. The van der Waals surface area contributed by atoms with E-state index in [9.17, 15) is 9.59 Å². The van der Waals surface area contributed by atoms with Crippen LogP contribution in [0.4, 0.5) is 5.69 Å². The van der Waals surface area contributed by atoms with Gasteiger partial charge < -0.3 is 15.7 Å². The van der Waals surface area contributed by atoms with Crippen molar-refractivity contribution >= 4 is 17.6 Å². The largest absolute Gasteiger partial charge is 0.478 e. The topological polar surface area (TPSA) is 78.4 Å². The Morgan fingerprint density at radius 2 is 1.62 bits per heavy atom. The predicted octanol–water partition coefficient (Wildman–Crippen LogP) is 2.24. The summed E-state index contributed by atoms with van der Waals surface area (Å²) in [5.74, 6) is -1.19. The van der Waals surface area contributed by atoms with Crippen molar-refractivity contribution in [2.24, 2.45) is 0 Å². The van der Waals surface area contributed by atoms with Gasteiger partial charge in [-0.2, -0.15) is 0 Å². The Kier molecular flexibility index (Phi) is 3.41. The van der Waals surface area contributed by atoms with Gasteiger partial charge in [-0.3, -0.25) is 4.79 Å². The van der Waals surface area contributed by atoms with Gasteiger partial charge >= 0.3 is 5.97 Å². The Morgan fingerprint density at radius 3 is 2.33 bits per heavy atom. The highest BCUT2D eigenvalue weighted by molar-refractivity contribution is 6.04. The van der Waals surface area contributed by atoms with Gasteiger partial charge in [0.2, 0.25) is 0 Å². The van der Waals surface area contributed by atoms with Gasteiger partial charge in [0, 0.05) is 24.3 Å². The summed E-state index contributed by atoms with van der Waals surface area (Å²) in [6.07, 6.45) is 0. The Morgan fingerprint density at radius 1 is 0.952 bits per heavy atom. The molecule has 2 aromatic carbocycles.